The van der Waals surface area contributed by atoms with Crippen molar-refractivity contribution in [2.75, 3.05) is 6.54 Å². The maximum absolute atomic E-state index is 12.6. The van der Waals surface area contributed by atoms with Gasteiger partial charge >= 0.3 is 6.09 Å². The van der Waals surface area contributed by atoms with Gasteiger partial charge in [-0.2, -0.15) is 0 Å². The molecule has 1 amide bonds. The second-order valence-corrected chi connectivity index (χ2v) is 11.6. The third kappa shape index (κ3) is 8.92. The Labute approximate surface area is 218 Å². The van der Waals surface area contributed by atoms with Crippen molar-refractivity contribution in [1.29, 1.82) is 0 Å². The van der Waals surface area contributed by atoms with E-state index in [9.17, 15) is 14.4 Å². The molecule has 1 atom stereocenters. The number of alkyl carbamates (subject to hydrolysis) is 1. The van der Waals surface area contributed by atoms with Crippen LogP contribution in [0, 0.1) is 0 Å². The highest BCUT2D eigenvalue weighted by Crippen LogP contribution is 2.37. The number of aldehydes is 1. The van der Waals surface area contributed by atoms with Crippen LogP contribution in [0.5, 0.6) is 0 Å². The van der Waals surface area contributed by atoms with Crippen molar-refractivity contribution in [2.24, 2.45) is 0 Å². The van der Waals surface area contributed by atoms with Gasteiger partial charge in [0.15, 0.2) is 11.4 Å². The summed E-state index contributed by atoms with van der Waals surface area (Å²) in [4.78, 5) is 40.2. The first-order valence-electron chi connectivity index (χ1n) is 11.4. The quantitative estimate of drug-likeness (QED) is 0.155. The molecule has 0 saturated carbocycles. The van der Waals surface area contributed by atoms with Gasteiger partial charge in [-0.15, -0.1) is 22.7 Å². The smallest absolute Gasteiger partial charge is 0.407 e. The van der Waals surface area contributed by atoms with Gasteiger partial charge in [0.05, 0.1) is 0 Å². The number of hydrogen-bond donors (Lipinski definition) is 1. The highest BCUT2D eigenvalue weighted by atomic mass is 32.2. The Kier molecular flexibility index (Phi) is 11.0. The minimum Gasteiger partial charge on any atom is -0.445 e. The van der Waals surface area contributed by atoms with E-state index >= 15 is 0 Å². The standard InChI is InChI=1S/C26H30N2O4S3/c1-21(30)35-26(20-29,28(17-23-11-7-15-33-23)18-24-12-8-16-34-24)13-5-6-14-27-25(31)32-19-22-9-3-2-4-10-22/h2-4,7-12,15-16,20H,5-6,13-14,17-19H2,1H3,(H,27,31)/t26-/m1/s1. The molecule has 0 unspecified atom stereocenters. The molecule has 35 heavy (non-hydrogen) atoms. The van der Waals surface area contributed by atoms with Gasteiger partial charge in [-0.25, -0.2) is 4.79 Å². The predicted molar refractivity (Wildman–Crippen MR) is 143 cm³/mol. The lowest BCUT2D eigenvalue weighted by molar-refractivity contribution is -0.116. The second kappa shape index (κ2) is 14.2. The summed E-state index contributed by atoms with van der Waals surface area (Å²) in [6.07, 6.45) is 2.29. The van der Waals surface area contributed by atoms with E-state index < -0.39 is 11.0 Å². The third-order valence-electron chi connectivity index (χ3n) is 5.34. The molecular weight excluding hydrogens is 500 g/mol. The normalized spacial score (nSPS) is 12.7. The van der Waals surface area contributed by atoms with E-state index in [0.29, 0.717) is 38.9 Å². The van der Waals surface area contributed by atoms with Crippen LogP contribution in [0.1, 0.15) is 41.5 Å². The summed E-state index contributed by atoms with van der Waals surface area (Å²) in [5.41, 5.74) is 0.927. The molecule has 0 bridgehead atoms. The number of nitrogens with zero attached hydrogens (tertiary/aromatic N) is 1. The van der Waals surface area contributed by atoms with Crippen LogP contribution in [-0.4, -0.2) is 33.8 Å². The van der Waals surface area contributed by atoms with Gasteiger partial charge in [0.1, 0.15) is 11.5 Å². The molecule has 0 aliphatic heterocycles. The molecule has 2 aromatic heterocycles. The van der Waals surface area contributed by atoms with E-state index in [2.05, 4.69) is 10.2 Å². The Morgan fingerprint density at radius 3 is 2.20 bits per heavy atom. The number of nitrogens with one attached hydrogen (secondary N) is 1. The summed E-state index contributed by atoms with van der Waals surface area (Å²) in [5.74, 6) is 0. The van der Waals surface area contributed by atoms with Crippen molar-refractivity contribution >= 4 is 51.9 Å². The zero-order chi connectivity index (χ0) is 24.9. The van der Waals surface area contributed by atoms with E-state index in [1.54, 1.807) is 22.7 Å². The fourth-order valence-electron chi connectivity index (χ4n) is 3.65. The highest BCUT2D eigenvalue weighted by molar-refractivity contribution is 8.15. The minimum absolute atomic E-state index is 0.0953. The molecule has 0 saturated heterocycles. The van der Waals surface area contributed by atoms with Crippen LogP contribution in [0.25, 0.3) is 0 Å². The van der Waals surface area contributed by atoms with Crippen molar-refractivity contribution in [3.63, 3.8) is 0 Å². The number of thioether (sulfide) groups is 1. The summed E-state index contributed by atoms with van der Waals surface area (Å²) in [5, 5.41) is 6.70. The largest absolute Gasteiger partial charge is 0.445 e. The van der Waals surface area contributed by atoms with Crippen molar-refractivity contribution in [3.05, 3.63) is 80.7 Å². The lowest BCUT2D eigenvalue weighted by Gasteiger charge is -2.38. The van der Waals surface area contributed by atoms with Gasteiger partial charge in [0.2, 0.25) is 0 Å². The van der Waals surface area contributed by atoms with Gasteiger partial charge in [-0.05, 0) is 47.7 Å². The zero-order valence-corrected chi connectivity index (χ0v) is 22.1. The Bertz CT molecular complexity index is 1010. The van der Waals surface area contributed by atoms with Gasteiger partial charge in [0, 0.05) is 36.3 Å². The molecule has 186 valence electrons. The number of hydrogen-bond acceptors (Lipinski definition) is 8. The average molecular weight is 531 g/mol. The summed E-state index contributed by atoms with van der Waals surface area (Å²) < 4.78 is 5.24. The number of ether oxygens (including phenoxy) is 1. The van der Waals surface area contributed by atoms with Crippen molar-refractivity contribution in [1.82, 2.24) is 10.2 Å². The first-order valence-corrected chi connectivity index (χ1v) is 14.0. The fourth-order valence-corrected chi connectivity index (χ4v) is 6.14. The van der Waals surface area contributed by atoms with E-state index in [-0.39, 0.29) is 11.7 Å². The molecule has 1 N–H and O–H groups in total. The predicted octanol–water partition coefficient (Wildman–Crippen LogP) is 6.08. The molecule has 3 rings (SSSR count). The Morgan fingerprint density at radius 1 is 1.00 bits per heavy atom. The summed E-state index contributed by atoms with van der Waals surface area (Å²) >= 11 is 4.36. The number of unbranched alkanes of at least 4 members (excludes halogenated alkanes) is 1. The second-order valence-electron chi connectivity index (χ2n) is 8.02. The molecule has 9 heteroatoms. The average Bonchev–Trinajstić information content (AvgIpc) is 3.56. The number of amides is 1. The molecule has 0 aliphatic carbocycles. The van der Waals surface area contributed by atoms with E-state index in [4.69, 9.17) is 4.74 Å². The Hall–Kier alpha value is -2.46. The SMILES string of the molecule is CC(=O)S[C@@](C=O)(CCCCNC(=O)OCc1ccccc1)N(Cc1cccs1)Cc1cccs1. The monoisotopic (exact) mass is 530 g/mol. The van der Waals surface area contributed by atoms with E-state index in [1.807, 2.05) is 65.4 Å². The van der Waals surface area contributed by atoms with E-state index in [0.717, 1.165) is 33.4 Å². The van der Waals surface area contributed by atoms with Gasteiger partial charge in [-0.3, -0.25) is 9.69 Å². The lowest BCUT2D eigenvalue weighted by Crippen LogP contribution is -2.47. The van der Waals surface area contributed by atoms with Crippen LogP contribution in [0.3, 0.4) is 0 Å². The van der Waals surface area contributed by atoms with Gasteiger partial charge < -0.3 is 14.8 Å². The van der Waals surface area contributed by atoms with Gasteiger partial charge in [-0.1, -0.05) is 54.2 Å². The van der Waals surface area contributed by atoms with Crippen LogP contribution in [0.2, 0.25) is 0 Å². The van der Waals surface area contributed by atoms with Crippen LogP contribution >= 0.6 is 34.4 Å². The molecule has 0 fully saturated rings. The number of carbonyl (C=O) groups excluding carboxylic acids is 3. The molecule has 0 aliphatic rings. The van der Waals surface area contributed by atoms with Crippen LogP contribution in [-0.2, 0) is 34.0 Å². The molecule has 2 heterocycles. The molecular formula is C26H30N2O4S3. The topological polar surface area (TPSA) is 75.7 Å². The first-order chi connectivity index (χ1) is 17.0. The van der Waals surface area contributed by atoms with Crippen LogP contribution < -0.4 is 5.32 Å². The van der Waals surface area contributed by atoms with E-state index in [1.165, 1.54) is 6.92 Å². The maximum atomic E-state index is 12.6. The molecule has 6 nitrogen and oxygen atoms in total. The maximum Gasteiger partial charge on any atom is 0.407 e. The number of carbonyl (C=O) groups is 3. The number of benzene rings is 1. The molecule has 3 aromatic rings. The zero-order valence-electron chi connectivity index (χ0n) is 19.7. The molecule has 1 aromatic carbocycles. The lowest BCUT2D eigenvalue weighted by atomic mass is 10.1. The van der Waals surface area contributed by atoms with Crippen molar-refractivity contribution in [3.8, 4) is 0 Å². The number of rotatable bonds is 14. The first kappa shape index (κ1) is 27.1. The van der Waals surface area contributed by atoms with Crippen LogP contribution in [0.15, 0.2) is 65.4 Å². The van der Waals surface area contributed by atoms with Gasteiger partial charge in [0.25, 0.3) is 0 Å². The third-order valence-corrected chi connectivity index (χ3v) is 8.26. The Morgan fingerprint density at radius 2 is 1.66 bits per heavy atom. The highest BCUT2D eigenvalue weighted by Gasteiger charge is 2.39. The van der Waals surface area contributed by atoms with Crippen LogP contribution in [0.4, 0.5) is 4.79 Å². The summed E-state index contributed by atoms with van der Waals surface area (Å²) in [6, 6.07) is 17.6. The Balaban J connectivity index is 1.58. The summed E-state index contributed by atoms with van der Waals surface area (Å²) in [7, 11) is 0. The summed E-state index contributed by atoms with van der Waals surface area (Å²) in [6.45, 7) is 3.32. The molecule has 0 radical (unpaired) electrons. The van der Waals surface area contributed by atoms with Crippen molar-refractivity contribution < 1.29 is 19.1 Å². The number of thiophene rings is 2. The minimum atomic E-state index is -0.979. The fraction of sp³-hybridized carbons (Fsp3) is 0.346. The van der Waals surface area contributed by atoms with Crippen molar-refractivity contribution in [2.45, 2.75) is 50.8 Å². The molecule has 0 spiro atoms.